The van der Waals surface area contributed by atoms with E-state index in [0.717, 1.165) is 12.8 Å². The van der Waals surface area contributed by atoms with E-state index in [2.05, 4.69) is 5.32 Å². The Hall–Kier alpha value is -0.420. The van der Waals surface area contributed by atoms with Crippen LogP contribution >= 0.6 is 0 Å². The van der Waals surface area contributed by atoms with Crippen molar-refractivity contribution in [3.63, 3.8) is 0 Å². The fourth-order valence-electron chi connectivity index (χ4n) is 2.41. The number of carbonyl (C=O) groups excluding carboxylic acids is 1. The number of nitrogens with one attached hydrogen (secondary N) is 1. The van der Waals surface area contributed by atoms with Crippen molar-refractivity contribution in [2.75, 3.05) is 13.3 Å². The van der Waals surface area contributed by atoms with Crippen LogP contribution in [0.5, 0.6) is 0 Å². The van der Waals surface area contributed by atoms with Crippen molar-refractivity contribution in [3.8, 4) is 0 Å². The molecule has 2 unspecified atom stereocenters. The van der Waals surface area contributed by atoms with Gasteiger partial charge in [-0.05, 0) is 40.2 Å². The summed E-state index contributed by atoms with van der Waals surface area (Å²) in [5, 5.41) is 2.66. The van der Waals surface area contributed by atoms with Crippen LogP contribution in [-0.2, 0) is 14.6 Å². The molecule has 1 saturated carbocycles. The first-order chi connectivity index (χ1) is 7.68. The number of hydrogen-bond acceptors (Lipinski definition) is 4. The number of carbonyl (C=O) groups is 1. The Labute approximate surface area is 104 Å². The molecular weight excluding hydrogens is 238 g/mol. The Morgan fingerprint density at radius 3 is 2.35 bits per heavy atom. The highest BCUT2D eigenvalue weighted by atomic mass is 32.2. The molecule has 17 heavy (non-hydrogen) atoms. The van der Waals surface area contributed by atoms with Gasteiger partial charge in [-0.15, -0.1) is 0 Å². The van der Waals surface area contributed by atoms with E-state index >= 15 is 0 Å². The Kier molecular flexibility index (Phi) is 4.36. The summed E-state index contributed by atoms with van der Waals surface area (Å²) in [5.74, 6) is 0.0132. The number of rotatable bonds is 4. The second kappa shape index (κ2) is 5.06. The Morgan fingerprint density at radius 2 is 1.88 bits per heavy atom. The second-order valence-electron chi connectivity index (χ2n) is 5.55. The van der Waals surface area contributed by atoms with Crippen molar-refractivity contribution in [1.82, 2.24) is 5.32 Å². The molecule has 1 aliphatic rings. The van der Waals surface area contributed by atoms with Gasteiger partial charge in [0, 0.05) is 12.2 Å². The topological polar surface area (TPSA) is 63.2 Å². The molecule has 0 aliphatic heterocycles. The number of Topliss-reactive ketones (excluding diaryl/α,β-unsaturated/α-hetero) is 1. The van der Waals surface area contributed by atoms with Gasteiger partial charge in [-0.2, -0.15) is 0 Å². The molecule has 1 rings (SSSR count). The Morgan fingerprint density at radius 1 is 1.29 bits per heavy atom. The molecule has 1 fully saturated rings. The summed E-state index contributed by atoms with van der Waals surface area (Å²) in [6.07, 6.45) is 4.10. The Bertz CT molecular complexity index is 387. The normalized spacial score (nSPS) is 26.8. The van der Waals surface area contributed by atoms with Crippen molar-refractivity contribution in [2.24, 2.45) is 5.92 Å². The van der Waals surface area contributed by atoms with Crippen LogP contribution in [0.2, 0.25) is 0 Å². The fourth-order valence-corrected chi connectivity index (χ4v) is 3.58. The molecule has 100 valence electrons. The van der Waals surface area contributed by atoms with E-state index in [4.69, 9.17) is 0 Å². The predicted octanol–water partition coefficient (Wildman–Crippen LogP) is 1.16. The number of ketones is 1. The van der Waals surface area contributed by atoms with E-state index < -0.39 is 15.4 Å². The van der Waals surface area contributed by atoms with Crippen LogP contribution in [0.4, 0.5) is 0 Å². The van der Waals surface area contributed by atoms with E-state index in [0.29, 0.717) is 12.8 Å². The molecule has 5 heteroatoms. The van der Waals surface area contributed by atoms with Crippen LogP contribution in [0.1, 0.15) is 39.5 Å². The molecule has 0 bridgehead atoms. The van der Waals surface area contributed by atoms with Gasteiger partial charge in [-0.1, -0.05) is 6.42 Å². The van der Waals surface area contributed by atoms with Crippen LogP contribution < -0.4 is 5.32 Å². The molecule has 0 saturated heterocycles. The van der Waals surface area contributed by atoms with Gasteiger partial charge in [-0.3, -0.25) is 4.79 Å². The van der Waals surface area contributed by atoms with Crippen molar-refractivity contribution < 1.29 is 13.2 Å². The van der Waals surface area contributed by atoms with Crippen LogP contribution in [-0.4, -0.2) is 38.3 Å². The molecule has 0 aromatic carbocycles. The lowest BCUT2D eigenvalue weighted by Crippen LogP contribution is -2.49. The standard InChI is InChI=1S/C12H23NO3S/c1-12(2,13-3)11(14)9-6-5-7-10(8-9)17(4,15)16/h9-10,13H,5-8H2,1-4H3. The first-order valence-corrected chi connectivity index (χ1v) is 8.06. The molecule has 0 aromatic heterocycles. The zero-order valence-electron chi connectivity index (χ0n) is 11.1. The molecular formula is C12H23NO3S. The minimum atomic E-state index is -3.02. The molecule has 0 radical (unpaired) electrons. The highest BCUT2D eigenvalue weighted by Gasteiger charge is 2.37. The number of sulfone groups is 1. The van der Waals surface area contributed by atoms with E-state index in [1.165, 1.54) is 6.26 Å². The fraction of sp³-hybridized carbons (Fsp3) is 0.917. The van der Waals surface area contributed by atoms with E-state index in [9.17, 15) is 13.2 Å². The maximum absolute atomic E-state index is 12.3. The third-order valence-corrected chi connectivity index (χ3v) is 5.48. The third-order valence-electron chi connectivity index (χ3n) is 3.84. The minimum absolute atomic E-state index is 0.120. The van der Waals surface area contributed by atoms with Gasteiger partial charge in [0.2, 0.25) is 0 Å². The highest BCUT2D eigenvalue weighted by molar-refractivity contribution is 7.91. The highest BCUT2D eigenvalue weighted by Crippen LogP contribution is 2.31. The van der Waals surface area contributed by atoms with Gasteiger partial charge >= 0.3 is 0 Å². The van der Waals surface area contributed by atoms with E-state index in [1.54, 1.807) is 7.05 Å². The second-order valence-corrected chi connectivity index (χ2v) is 7.88. The smallest absolute Gasteiger partial charge is 0.155 e. The van der Waals surface area contributed by atoms with Crippen molar-refractivity contribution in [2.45, 2.75) is 50.3 Å². The van der Waals surface area contributed by atoms with Crippen LogP contribution in [0.25, 0.3) is 0 Å². The largest absolute Gasteiger partial charge is 0.308 e. The maximum Gasteiger partial charge on any atom is 0.155 e. The van der Waals surface area contributed by atoms with E-state index in [-0.39, 0.29) is 17.0 Å². The van der Waals surface area contributed by atoms with Crippen molar-refractivity contribution >= 4 is 15.6 Å². The molecule has 0 amide bonds. The number of likely N-dealkylation sites (N-methyl/N-ethyl adjacent to an activating group) is 1. The molecule has 4 nitrogen and oxygen atoms in total. The quantitative estimate of drug-likeness (QED) is 0.825. The lowest BCUT2D eigenvalue weighted by molar-refractivity contribution is -0.129. The molecule has 1 N–H and O–H groups in total. The van der Waals surface area contributed by atoms with Crippen molar-refractivity contribution in [3.05, 3.63) is 0 Å². The predicted molar refractivity (Wildman–Crippen MR) is 68.7 cm³/mol. The average Bonchev–Trinajstić information content (AvgIpc) is 2.27. The van der Waals surface area contributed by atoms with Crippen molar-refractivity contribution in [1.29, 1.82) is 0 Å². The maximum atomic E-state index is 12.3. The van der Waals surface area contributed by atoms with Crippen LogP contribution in [0.3, 0.4) is 0 Å². The molecule has 1 aliphatic carbocycles. The minimum Gasteiger partial charge on any atom is -0.308 e. The average molecular weight is 261 g/mol. The first kappa shape index (κ1) is 14.6. The number of hydrogen-bond donors (Lipinski definition) is 1. The summed E-state index contributed by atoms with van der Waals surface area (Å²) in [6.45, 7) is 3.69. The van der Waals surface area contributed by atoms with Crippen LogP contribution in [0.15, 0.2) is 0 Å². The summed E-state index contributed by atoms with van der Waals surface area (Å²) in [6, 6.07) is 0. The van der Waals surface area contributed by atoms with E-state index in [1.807, 2.05) is 13.8 Å². The van der Waals surface area contributed by atoms with Gasteiger partial charge in [0.25, 0.3) is 0 Å². The molecule has 0 heterocycles. The zero-order valence-corrected chi connectivity index (χ0v) is 11.9. The van der Waals surface area contributed by atoms with Gasteiger partial charge in [0.15, 0.2) is 5.78 Å². The SMILES string of the molecule is CNC(C)(C)C(=O)C1CCCC(S(C)(=O)=O)C1. The lowest BCUT2D eigenvalue weighted by Gasteiger charge is -2.32. The summed E-state index contributed by atoms with van der Waals surface area (Å²) >= 11 is 0. The monoisotopic (exact) mass is 261 g/mol. The summed E-state index contributed by atoms with van der Waals surface area (Å²) in [4.78, 5) is 12.3. The lowest BCUT2D eigenvalue weighted by atomic mass is 9.79. The van der Waals surface area contributed by atoms with Gasteiger partial charge in [-0.25, -0.2) is 8.42 Å². The summed E-state index contributed by atoms with van der Waals surface area (Å²) < 4.78 is 23.1. The third kappa shape index (κ3) is 3.52. The molecule has 0 aromatic rings. The van der Waals surface area contributed by atoms with Gasteiger partial charge < -0.3 is 5.32 Å². The summed E-state index contributed by atoms with van der Waals surface area (Å²) in [7, 11) is -1.26. The zero-order chi connectivity index (χ0) is 13.3. The first-order valence-electron chi connectivity index (χ1n) is 6.10. The molecule has 0 spiro atoms. The van der Waals surface area contributed by atoms with Crippen LogP contribution in [0, 0.1) is 5.92 Å². The summed E-state index contributed by atoms with van der Waals surface area (Å²) in [5.41, 5.74) is -0.565. The Balaban J connectivity index is 2.78. The van der Waals surface area contributed by atoms with Gasteiger partial charge in [0.1, 0.15) is 9.84 Å². The van der Waals surface area contributed by atoms with Gasteiger partial charge in [0.05, 0.1) is 10.8 Å². The molecule has 2 atom stereocenters.